The number of Topliss-reactive ketones (excluding diaryl/α,β-unsaturated/α-hetero) is 1. The van der Waals surface area contributed by atoms with Gasteiger partial charge in [-0.25, -0.2) is 0 Å². The third kappa shape index (κ3) is 4.08. The van der Waals surface area contributed by atoms with Crippen molar-refractivity contribution in [2.75, 3.05) is 0 Å². The fourth-order valence-electron chi connectivity index (χ4n) is 2.26. The number of ketones is 1. The molecule has 21 heavy (non-hydrogen) atoms. The first-order chi connectivity index (χ1) is 9.97. The first-order valence-corrected chi connectivity index (χ1v) is 7.35. The highest BCUT2D eigenvalue weighted by Crippen LogP contribution is 2.20. The minimum absolute atomic E-state index is 0.0624. The molecule has 1 atom stereocenters. The molecule has 0 heterocycles. The molecule has 0 bridgehead atoms. The third-order valence-corrected chi connectivity index (χ3v) is 3.79. The van der Waals surface area contributed by atoms with Gasteiger partial charge < -0.3 is 4.74 Å². The molecule has 0 saturated carbocycles. The van der Waals surface area contributed by atoms with Crippen LogP contribution in [0, 0.1) is 13.8 Å². The lowest BCUT2D eigenvalue weighted by atomic mass is 9.97. The second-order valence-electron chi connectivity index (χ2n) is 5.23. The molecule has 110 valence electrons. The summed E-state index contributed by atoms with van der Waals surface area (Å²) in [4.78, 5) is 12.3. The minimum atomic E-state index is -0.498. The second kappa shape index (κ2) is 6.77. The first-order valence-electron chi connectivity index (χ1n) is 6.97. The van der Waals surface area contributed by atoms with Crippen LogP contribution in [-0.4, -0.2) is 11.9 Å². The van der Waals surface area contributed by atoms with Crippen LogP contribution in [0.1, 0.15) is 23.6 Å². The van der Waals surface area contributed by atoms with Crippen LogP contribution in [0.2, 0.25) is 5.02 Å². The fourth-order valence-corrected chi connectivity index (χ4v) is 2.44. The van der Waals surface area contributed by atoms with E-state index in [1.165, 1.54) is 0 Å². The zero-order chi connectivity index (χ0) is 15.4. The molecule has 0 amide bonds. The van der Waals surface area contributed by atoms with Gasteiger partial charge in [0.15, 0.2) is 11.9 Å². The Morgan fingerprint density at radius 3 is 2.38 bits per heavy atom. The zero-order valence-corrected chi connectivity index (χ0v) is 13.3. The van der Waals surface area contributed by atoms with E-state index >= 15 is 0 Å². The Morgan fingerprint density at radius 2 is 1.76 bits per heavy atom. The highest BCUT2D eigenvalue weighted by atomic mass is 35.5. The number of ether oxygens (including phenoxy) is 1. The Kier molecular flexibility index (Phi) is 5.03. The standard InChI is InChI=1S/C18H19ClO2/c1-12-6-4-7-13(2)17(12)11-18(20)14(3)21-16-9-5-8-15(19)10-16/h4-10,14H,11H2,1-3H3. The van der Waals surface area contributed by atoms with Gasteiger partial charge >= 0.3 is 0 Å². The molecule has 2 aromatic carbocycles. The summed E-state index contributed by atoms with van der Waals surface area (Å²) in [5.41, 5.74) is 3.36. The number of hydrogen-bond donors (Lipinski definition) is 0. The molecule has 0 aliphatic heterocycles. The van der Waals surface area contributed by atoms with Crippen molar-refractivity contribution in [1.29, 1.82) is 0 Å². The maximum Gasteiger partial charge on any atom is 0.177 e. The van der Waals surface area contributed by atoms with E-state index in [0.717, 1.165) is 16.7 Å². The molecule has 2 nitrogen and oxygen atoms in total. The number of hydrogen-bond acceptors (Lipinski definition) is 2. The lowest BCUT2D eigenvalue weighted by Crippen LogP contribution is -2.26. The van der Waals surface area contributed by atoms with Crippen LogP contribution in [0.3, 0.4) is 0 Å². The third-order valence-electron chi connectivity index (χ3n) is 3.56. The van der Waals surface area contributed by atoms with Crippen molar-refractivity contribution in [3.63, 3.8) is 0 Å². The molecule has 0 spiro atoms. The van der Waals surface area contributed by atoms with Gasteiger partial charge in [0.2, 0.25) is 0 Å². The van der Waals surface area contributed by atoms with Gasteiger partial charge in [-0.3, -0.25) is 4.79 Å². The van der Waals surface area contributed by atoms with Gasteiger partial charge in [0, 0.05) is 11.4 Å². The van der Waals surface area contributed by atoms with Gasteiger partial charge in [-0.1, -0.05) is 35.9 Å². The zero-order valence-electron chi connectivity index (χ0n) is 12.5. The molecule has 0 aromatic heterocycles. The van der Waals surface area contributed by atoms with Gasteiger partial charge in [0.1, 0.15) is 5.75 Å². The molecular formula is C18H19ClO2. The molecule has 0 aliphatic carbocycles. The minimum Gasteiger partial charge on any atom is -0.483 e. The predicted molar refractivity (Wildman–Crippen MR) is 86.2 cm³/mol. The smallest absolute Gasteiger partial charge is 0.177 e. The van der Waals surface area contributed by atoms with E-state index in [1.54, 1.807) is 31.2 Å². The van der Waals surface area contributed by atoms with E-state index in [-0.39, 0.29) is 5.78 Å². The number of halogens is 1. The van der Waals surface area contributed by atoms with E-state index in [2.05, 4.69) is 0 Å². The molecule has 1 unspecified atom stereocenters. The monoisotopic (exact) mass is 302 g/mol. The highest BCUT2D eigenvalue weighted by molar-refractivity contribution is 6.30. The molecule has 0 N–H and O–H groups in total. The average molecular weight is 303 g/mol. The molecule has 0 aliphatic rings. The van der Waals surface area contributed by atoms with Crippen molar-refractivity contribution in [2.24, 2.45) is 0 Å². The van der Waals surface area contributed by atoms with Crippen molar-refractivity contribution < 1.29 is 9.53 Å². The van der Waals surface area contributed by atoms with Crippen LogP contribution in [0.5, 0.6) is 5.75 Å². The van der Waals surface area contributed by atoms with Crippen LogP contribution in [-0.2, 0) is 11.2 Å². The lowest BCUT2D eigenvalue weighted by Gasteiger charge is -2.15. The van der Waals surface area contributed by atoms with Crippen molar-refractivity contribution in [3.05, 3.63) is 64.2 Å². The van der Waals surface area contributed by atoms with Crippen LogP contribution >= 0.6 is 11.6 Å². The SMILES string of the molecule is Cc1cccc(C)c1CC(=O)C(C)Oc1cccc(Cl)c1. The summed E-state index contributed by atoms with van der Waals surface area (Å²) >= 11 is 5.91. The van der Waals surface area contributed by atoms with Gasteiger partial charge in [-0.15, -0.1) is 0 Å². The number of rotatable bonds is 5. The Labute approximate surface area is 130 Å². The van der Waals surface area contributed by atoms with E-state index in [0.29, 0.717) is 17.2 Å². The molecule has 0 fully saturated rings. The van der Waals surface area contributed by atoms with Gasteiger partial charge in [0.05, 0.1) is 0 Å². The number of carbonyl (C=O) groups is 1. The van der Waals surface area contributed by atoms with Crippen LogP contribution < -0.4 is 4.74 Å². The van der Waals surface area contributed by atoms with E-state index < -0.39 is 6.10 Å². The Balaban J connectivity index is 2.06. The molecule has 3 heteroatoms. The number of benzene rings is 2. The summed E-state index contributed by atoms with van der Waals surface area (Å²) in [6, 6.07) is 13.2. The number of aryl methyl sites for hydroxylation is 2. The van der Waals surface area contributed by atoms with E-state index in [9.17, 15) is 4.79 Å². The van der Waals surface area contributed by atoms with Gasteiger partial charge in [-0.05, 0) is 55.7 Å². The second-order valence-corrected chi connectivity index (χ2v) is 5.67. The molecule has 2 rings (SSSR count). The average Bonchev–Trinajstić information content (AvgIpc) is 2.43. The molecular weight excluding hydrogens is 284 g/mol. The maximum absolute atomic E-state index is 12.3. The normalized spacial score (nSPS) is 12.0. The Morgan fingerprint density at radius 1 is 1.14 bits per heavy atom. The van der Waals surface area contributed by atoms with Crippen molar-refractivity contribution in [3.8, 4) is 5.75 Å². The fraction of sp³-hybridized carbons (Fsp3) is 0.278. The Bertz CT molecular complexity index is 629. The molecule has 0 radical (unpaired) electrons. The van der Waals surface area contributed by atoms with E-state index in [1.807, 2.05) is 32.0 Å². The summed E-state index contributed by atoms with van der Waals surface area (Å²) in [6.45, 7) is 5.83. The lowest BCUT2D eigenvalue weighted by molar-refractivity contribution is -0.124. The molecule has 0 saturated heterocycles. The summed E-state index contributed by atoms with van der Waals surface area (Å²) in [7, 11) is 0. The topological polar surface area (TPSA) is 26.3 Å². The van der Waals surface area contributed by atoms with Gasteiger partial charge in [0.25, 0.3) is 0 Å². The highest BCUT2D eigenvalue weighted by Gasteiger charge is 2.17. The van der Waals surface area contributed by atoms with Crippen molar-refractivity contribution >= 4 is 17.4 Å². The summed E-state index contributed by atoms with van der Waals surface area (Å²) in [5, 5.41) is 0.599. The first kappa shape index (κ1) is 15.6. The van der Waals surface area contributed by atoms with Crippen LogP contribution in [0.25, 0.3) is 0 Å². The van der Waals surface area contributed by atoms with Crippen molar-refractivity contribution in [2.45, 2.75) is 33.3 Å². The van der Waals surface area contributed by atoms with Crippen molar-refractivity contribution in [1.82, 2.24) is 0 Å². The Hall–Kier alpha value is -1.80. The summed E-state index contributed by atoms with van der Waals surface area (Å²) in [5.74, 6) is 0.678. The molecule has 2 aromatic rings. The quantitative estimate of drug-likeness (QED) is 0.811. The number of carbonyl (C=O) groups excluding carboxylic acids is 1. The maximum atomic E-state index is 12.3. The predicted octanol–water partition coefficient (Wildman–Crippen LogP) is 4.54. The van der Waals surface area contributed by atoms with Crippen LogP contribution in [0.15, 0.2) is 42.5 Å². The largest absolute Gasteiger partial charge is 0.483 e. The van der Waals surface area contributed by atoms with Crippen LogP contribution in [0.4, 0.5) is 0 Å². The van der Waals surface area contributed by atoms with Gasteiger partial charge in [-0.2, -0.15) is 0 Å². The summed E-state index contributed by atoms with van der Waals surface area (Å²) in [6.07, 6.45) is -0.109. The van der Waals surface area contributed by atoms with E-state index in [4.69, 9.17) is 16.3 Å². The summed E-state index contributed by atoms with van der Waals surface area (Å²) < 4.78 is 5.67.